The van der Waals surface area contributed by atoms with Gasteiger partial charge in [-0.3, -0.25) is 0 Å². The number of hydrogen-bond donors (Lipinski definition) is 1. The second kappa shape index (κ2) is 1.98. The third kappa shape index (κ3) is 1.67. The molecule has 5 nitrogen and oxygen atoms in total. The predicted octanol–water partition coefficient (Wildman–Crippen LogP) is -0.852. The average Bonchev–Trinajstić information content (AvgIpc) is 1.60. The zero-order valence-corrected chi connectivity index (χ0v) is 5.26. The summed E-state index contributed by atoms with van der Waals surface area (Å²) < 4.78 is 20.9. The Morgan fingerprint density at radius 1 is 1.67 bits per heavy atom. The van der Waals surface area contributed by atoms with E-state index in [1.54, 1.807) is 4.83 Å². The largest absolute Gasteiger partial charge is 0.743 e. The first-order valence-electron chi connectivity index (χ1n) is 2.23. The molecule has 0 radical (unpaired) electrons. The summed E-state index contributed by atoms with van der Waals surface area (Å²) in [5.41, 5.74) is 0. The van der Waals surface area contributed by atoms with Crippen LogP contribution in [0.15, 0.2) is 12.3 Å². The highest BCUT2D eigenvalue weighted by atomic mass is 32.2. The molecule has 0 aromatic carbocycles. The van der Waals surface area contributed by atoms with E-state index in [9.17, 15) is 13.6 Å². The molecular weight excluding hydrogens is 144 g/mol. The standard InChI is InChI=1S/C3H5N2O3S/c6-5-2-1-3-9(7,8)4-5/h1-2,4H,3H2/q-1. The summed E-state index contributed by atoms with van der Waals surface area (Å²) in [4.78, 5) is 1.72. The van der Waals surface area contributed by atoms with Gasteiger partial charge in [-0.25, -0.2) is 8.42 Å². The van der Waals surface area contributed by atoms with Crippen molar-refractivity contribution in [3.05, 3.63) is 17.5 Å². The van der Waals surface area contributed by atoms with Crippen LogP contribution in [-0.2, 0) is 10.0 Å². The SMILES string of the molecule is O=S1(=O)CC=CN([O-])N1. The Morgan fingerprint density at radius 2 is 2.33 bits per heavy atom. The summed E-state index contributed by atoms with van der Waals surface area (Å²) >= 11 is 0. The van der Waals surface area contributed by atoms with Gasteiger partial charge in [0.15, 0.2) is 0 Å². The molecule has 0 unspecified atom stereocenters. The highest BCUT2D eigenvalue weighted by Crippen LogP contribution is 1.95. The molecule has 52 valence electrons. The minimum atomic E-state index is -3.36. The van der Waals surface area contributed by atoms with Gasteiger partial charge in [-0.2, -0.15) is 0 Å². The zero-order chi connectivity index (χ0) is 6.91. The summed E-state index contributed by atoms with van der Waals surface area (Å²) in [5, 5.41) is 10.4. The lowest BCUT2D eigenvalue weighted by atomic mass is 10.7. The number of nitrogens with one attached hydrogen (secondary N) is 1. The Balaban J connectivity index is 2.81. The van der Waals surface area contributed by atoms with Gasteiger partial charge < -0.3 is 10.4 Å². The van der Waals surface area contributed by atoms with Crippen LogP contribution in [0.2, 0.25) is 0 Å². The van der Waals surface area contributed by atoms with E-state index in [0.717, 1.165) is 6.20 Å². The monoisotopic (exact) mass is 149 g/mol. The van der Waals surface area contributed by atoms with Crippen LogP contribution in [0, 0.1) is 5.21 Å². The van der Waals surface area contributed by atoms with Crippen LogP contribution in [0.4, 0.5) is 0 Å². The number of sulfonamides is 1. The molecule has 0 aromatic heterocycles. The van der Waals surface area contributed by atoms with Gasteiger partial charge in [-0.05, 0) is 0 Å². The van der Waals surface area contributed by atoms with Crippen LogP contribution in [0.1, 0.15) is 0 Å². The number of hydrogen-bond acceptors (Lipinski definition) is 4. The van der Waals surface area contributed by atoms with Crippen LogP contribution in [-0.4, -0.2) is 19.3 Å². The fourth-order valence-electron chi connectivity index (χ4n) is 0.470. The van der Waals surface area contributed by atoms with Gasteiger partial charge in [-0.15, -0.1) is 4.83 Å². The lowest BCUT2D eigenvalue weighted by Gasteiger charge is -2.28. The normalized spacial score (nSPS) is 24.3. The van der Waals surface area contributed by atoms with Crippen LogP contribution in [0.25, 0.3) is 0 Å². The molecule has 1 aliphatic rings. The Kier molecular flexibility index (Phi) is 1.43. The molecule has 0 atom stereocenters. The molecule has 1 N–H and O–H groups in total. The number of hydrazine groups is 1. The summed E-state index contributed by atoms with van der Waals surface area (Å²) in [6.07, 6.45) is 2.39. The average molecular weight is 149 g/mol. The van der Waals surface area contributed by atoms with E-state index >= 15 is 0 Å². The van der Waals surface area contributed by atoms with Crippen molar-refractivity contribution in [2.75, 3.05) is 5.75 Å². The number of nitrogens with zero attached hydrogens (tertiary/aromatic N) is 1. The van der Waals surface area contributed by atoms with Crippen molar-refractivity contribution in [1.82, 2.24) is 10.0 Å². The van der Waals surface area contributed by atoms with Gasteiger partial charge in [0.05, 0.1) is 5.75 Å². The van der Waals surface area contributed by atoms with Gasteiger partial charge in [0, 0.05) is 6.20 Å². The fraction of sp³-hybridized carbons (Fsp3) is 0.333. The van der Waals surface area contributed by atoms with E-state index in [1.807, 2.05) is 0 Å². The third-order valence-electron chi connectivity index (χ3n) is 0.786. The first-order chi connectivity index (χ1) is 4.10. The molecular formula is C3H5N2O3S-. The van der Waals surface area contributed by atoms with Crippen molar-refractivity contribution in [2.24, 2.45) is 0 Å². The minimum absolute atomic E-state index is 0.119. The van der Waals surface area contributed by atoms with Gasteiger partial charge in [-0.1, -0.05) is 6.08 Å². The van der Waals surface area contributed by atoms with Crippen molar-refractivity contribution in [3.8, 4) is 0 Å². The lowest BCUT2D eigenvalue weighted by Crippen LogP contribution is -2.38. The van der Waals surface area contributed by atoms with Crippen LogP contribution in [0.5, 0.6) is 0 Å². The van der Waals surface area contributed by atoms with Gasteiger partial charge in [0.1, 0.15) is 0 Å². The minimum Gasteiger partial charge on any atom is -0.743 e. The predicted molar refractivity (Wildman–Crippen MR) is 31.3 cm³/mol. The first kappa shape index (κ1) is 6.53. The Labute approximate surface area is 52.6 Å². The van der Waals surface area contributed by atoms with Crippen molar-refractivity contribution < 1.29 is 8.42 Å². The Bertz CT molecular complexity index is 219. The molecule has 1 rings (SSSR count). The topological polar surface area (TPSA) is 72.5 Å². The van der Waals surface area contributed by atoms with Crippen molar-refractivity contribution in [3.63, 3.8) is 0 Å². The molecule has 0 saturated carbocycles. The quantitative estimate of drug-likeness (QED) is 0.486. The first-order valence-corrected chi connectivity index (χ1v) is 3.88. The molecule has 1 heterocycles. The smallest absolute Gasteiger partial charge is 0.231 e. The molecule has 0 aliphatic carbocycles. The van der Waals surface area contributed by atoms with Crippen molar-refractivity contribution in [1.29, 1.82) is 0 Å². The summed E-state index contributed by atoms with van der Waals surface area (Å²) in [6.45, 7) is 0. The highest BCUT2D eigenvalue weighted by molar-refractivity contribution is 7.89. The van der Waals surface area contributed by atoms with Crippen LogP contribution < -0.4 is 4.83 Å². The van der Waals surface area contributed by atoms with Crippen molar-refractivity contribution in [2.45, 2.75) is 0 Å². The maximum absolute atomic E-state index is 10.5. The maximum Gasteiger partial charge on any atom is 0.231 e. The molecule has 0 spiro atoms. The summed E-state index contributed by atoms with van der Waals surface area (Å²) in [5.74, 6) is -0.119. The molecule has 0 aromatic rings. The van der Waals surface area contributed by atoms with E-state index < -0.39 is 10.0 Å². The Morgan fingerprint density at radius 3 is 2.67 bits per heavy atom. The third-order valence-corrected chi connectivity index (χ3v) is 1.87. The van der Waals surface area contributed by atoms with E-state index in [0.29, 0.717) is 0 Å². The van der Waals surface area contributed by atoms with E-state index in [-0.39, 0.29) is 10.9 Å². The molecule has 0 amide bonds. The summed E-state index contributed by atoms with van der Waals surface area (Å²) in [6, 6.07) is 0. The molecule has 0 saturated heterocycles. The Hall–Kier alpha value is -0.590. The van der Waals surface area contributed by atoms with Crippen LogP contribution in [0.3, 0.4) is 0 Å². The van der Waals surface area contributed by atoms with Gasteiger partial charge in [0.25, 0.3) is 0 Å². The van der Waals surface area contributed by atoms with Gasteiger partial charge >= 0.3 is 0 Å². The highest BCUT2D eigenvalue weighted by Gasteiger charge is 2.09. The molecule has 9 heavy (non-hydrogen) atoms. The molecule has 1 aliphatic heterocycles. The molecule has 6 heteroatoms. The van der Waals surface area contributed by atoms with E-state index in [1.165, 1.54) is 6.08 Å². The van der Waals surface area contributed by atoms with Crippen LogP contribution >= 0.6 is 0 Å². The zero-order valence-electron chi connectivity index (χ0n) is 4.44. The summed E-state index contributed by atoms with van der Waals surface area (Å²) in [7, 11) is -3.36. The second-order valence-electron chi connectivity index (χ2n) is 1.58. The number of rotatable bonds is 0. The number of hydroxylamine groups is 1. The fourth-order valence-corrected chi connectivity index (χ4v) is 1.22. The van der Waals surface area contributed by atoms with E-state index in [4.69, 9.17) is 0 Å². The van der Waals surface area contributed by atoms with Crippen molar-refractivity contribution >= 4 is 10.0 Å². The molecule has 0 fully saturated rings. The lowest BCUT2D eigenvalue weighted by molar-refractivity contribution is 0.442. The van der Waals surface area contributed by atoms with E-state index in [2.05, 4.69) is 0 Å². The van der Waals surface area contributed by atoms with Gasteiger partial charge in [0.2, 0.25) is 10.0 Å². The maximum atomic E-state index is 10.5. The second-order valence-corrected chi connectivity index (χ2v) is 3.33. The molecule has 0 bridgehead atoms.